The molecule has 2 rings (SSSR count). The van der Waals surface area contributed by atoms with E-state index in [0.717, 1.165) is 18.7 Å². The second-order valence-corrected chi connectivity index (χ2v) is 5.70. The van der Waals surface area contributed by atoms with Crippen LogP contribution < -0.4 is 10.1 Å². The first-order valence-electron chi connectivity index (χ1n) is 6.98. The summed E-state index contributed by atoms with van der Waals surface area (Å²) in [4.78, 5) is 0. The number of nitrogens with one attached hydrogen (secondary N) is 1. The number of aryl methyl sites for hydroxylation is 2. The van der Waals surface area contributed by atoms with Crippen LogP contribution in [-0.4, -0.2) is 19.2 Å². The molecule has 2 heteroatoms. The van der Waals surface area contributed by atoms with Gasteiger partial charge in [0, 0.05) is 0 Å². The molecule has 1 aromatic carbocycles. The van der Waals surface area contributed by atoms with Crippen molar-refractivity contribution in [3.05, 3.63) is 28.8 Å². The molecule has 2 nitrogen and oxygen atoms in total. The second-order valence-electron chi connectivity index (χ2n) is 5.70. The third-order valence-corrected chi connectivity index (χ3v) is 4.19. The fourth-order valence-electron chi connectivity index (χ4n) is 2.67. The molecule has 0 saturated heterocycles. The first-order chi connectivity index (χ1) is 8.56. The maximum Gasteiger partial charge on any atom is 0.123 e. The van der Waals surface area contributed by atoms with Crippen LogP contribution in [0.25, 0.3) is 0 Å². The molecule has 0 spiro atoms. The molecule has 18 heavy (non-hydrogen) atoms. The van der Waals surface area contributed by atoms with Gasteiger partial charge in [-0.1, -0.05) is 6.07 Å². The third-order valence-electron chi connectivity index (χ3n) is 4.19. The van der Waals surface area contributed by atoms with E-state index in [9.17, 15) is 0 Å². The minimum atomic E-state index is 0.0913. The zero-order chi connectivity index (χ0) is 13.2. The van der Waals surface area contributed by atoms with E-state index in [1.54, 1.807) is 0 Å². The molecule has 1 aliphatic rings. The Morgan fingerprint density at radius 3 is 2.50 bits per heavy atom. The van der Waals surface area contributed by atoms with Gasteiger partial charge in [-0.25, -0.2) is 0 Å². The molecule has 1 fully saturated rings. The molecular formula is C16H25NO. The Hall–Kier alpha value is -1.02. The molecule has 0 aromatic heterocycles. The van der Waals surface area contributed by atoms with Gasteiger partial charge in [0.15, 0.2) is 0 Å². The highest BCUT2D eigenvalue weighted by molar-refractivity contribution is 5.42. The van der Waals surface area contributed by atoms with Crippen molar-refractivity contribution in [3.63, 3.8) is 0 Å². The van der Waals surface area contributed by atoms with Crippen molar-refractivity contribution in [2.24, 2.45) is 0 Å². The number of hydrogen-bond acceptors (Lipinski definition) is 2. The zero-order valence-electron chi connectivity index (χ0n) is 12.1. The summed E-state index contributed by atoms with van der Waals surface area (Å²) in [6.45, 7) is 7.50. The van der Waals surface area contributed by atoms with Gasteiger partial charge in [0.05, 0.1) is 0 Å². The van der Waals surface area contributed by atoms with E-state index in [-0.39, 0.29) is 5.60 Å². The molecule has 0 radical (unpaired) electrons. The average Bonchev–Trinajstić information content (AvgIpc) is 2.28. The minimum Gasteiger partial charge on any atom is -0.487 e. The molecule has 100 valence electrons. The molecular weight excluding hydrogens is 222 g/mol. The van der Waals surface area contributed by atoms with Gasteiger partial charge < -0.3 is 10.1 Å². The molecule has 0 amide bonds. The monoisotopic (exact) mass is 247 g/mol. The van der Waals surface area contributed by atoms with Gasteiger partial charge in [-0.3, -0.25) is 0 Å². The van der Waals surface area contributed by atoms with Crippen LogP contribution in [-0.2, 0) is 0 Å². The molecule has 0 bridgehead atoms. The van der Waals surface area contributed by atoms with E-state index in [1.165, 1.54) is 36.0 Å². The standard InChI is InChI=1S/C16H25NO/c1-12-10-13(2)14(3)15(11-12)18-16(6-5-7-16)8-9-17-4/h10-11,17H,5-9H2,1-4H3. The Morgan fingerprint density at radius 2 is 1.94 bits per heavy atom. The lowest BCUT2D eigenvalue weighted by atomic mass is 9.77. The summed E-state index contributed by atoms with van der Waals surface area (Å²) in [5, 5.41) is 3.23. The molecule has 0 unspecified atom stereocenters. The Bertz CT molecular complexity index is 421. The number of hydrogen-bond donors (Lipinski definition) is 1. The fraction of sp³-hybridized carbons (Fsp3) is 0.625. The van der Waals surface area contributed by atoms with Crippen LogP contribution in [0.2, 0.25) is 0 Å². The molecule has 0 atom stereocenters. The van der Waals surface area contributed by atoms with Crippen molar-refractivity contribution in [1.29, 1.82) is 0 Å². The molecule has 1 aliphatic carbocycles. The number of rotatable bonds is 5. The van der Waals surface area contributed by atoms with Gasteiger partial charge in [-0.05, 0) is 82.8 Å². The van der Waals surface area contributed by atoms with Gasteiger partial charge in [0.25, 0.3) is 0 Å². The maximum atomic E-state index is 6.39. The lowest BCUT2D eigenvalue weighted by Gasteiger charge is -2.42. The first-order valence-corrected chi connectivity index (χ1v) is 6.98. The lowest BCUT2D eigenvalue weighted by Crippen LogP contribution is -2.45. The van der Waals surface area contributed by atoms with Crippen molar-refractivity contribution in [3.8, 4) is 5.75 Å². The van der Waals surface area contributed by atoms with E-state index >= 15 is 0 Å². The zero-order valence-corrected chi connectivity index (χ0v) is 12.1. The van der Waals surface area contributed by atoms with E-state index in [0.29, 0.717) is 0 Å². The number of ether oxygens (including phenoxy) is 1. The van der Waals surface area contributed by atoms with Gasteiger partial charge in [0.2, 0.25) is 0 Å². The highest BCUT2D eigenvalue weighted by atomic mass is 16.5. The number of benzene rings is 1. The Morgan fingerprint density at radius 1 is 1.22 bits per heavy atom. The largest absolute Gasteiger partial charge is 0.487 e. The van der Waals surface area contributed by atoms with Crippen LogP contribution in [0.1, 0.15) is 42.4 Å². The molecule has 1 saturated carbocycles. The van der Waals surface area contributed by atoms with Crippen LogP contribution in [0.4, 0.5) is 0 Å². The van der Waals surface area contributed by atoms with E-state index in [1.807, 2.05) is 7.05 Å². The summed E-state index contributed by atoms with van der Waals surface area (Å²) in [5.41, 5.74) is 3.99. The second kappa shape index (κ2) is 5.31. The Labute approximate surface area is 111 Å². The molecule has 1 aromatic rings. The SMILES string of the molecule is CNCCC1(Oc2cc(C)cc(C)c2C)CCC1. The predicted octanol–water partition coefficient (Wildman–Crippen LogP) is 3.52. The summed E-state index contributed by atoms with van der Waals surface area (Å²) in [6, 6.07) is 4.41. The summed E-state index contributed by atoms with van der Waals surface area (Å²) in [7, 11) is 2.01. The Balaban J connectivity index is 2.17. The molecule has 0 heterocycles. The van der Waals surface area contributed by atoms with Crippen molar-refractivity contribution >= 4 is 0 Å². The summed E-state index contributed by atoms with van der Waals surface area (Å²) in [6.07, 6.45) is 4.80. The third kappa shape index (κ3) is 2.69. The quantitative estimate of drug-likeness (QED) is 0.859. The maximum absolute atomic E-state index is 6.39. The van der Waals surface area contributed by atoms with E-state index in [4.69, 9.17) is 4.74 Å². The normalized spacial score (nSPS) is 17.3. The highest BCUT2D eigenvalue weighted by Gasteiger charge is 2.39. The summed E-state index contributed by atoms with van der Waals surface area (Å²) >= 11 is 0. The minimum absolute atomic E-state index is 0.0913. The van der Waals surface area contributed by atoms with Crippen molar-refractivity contribution < 1.29 is 4.74 Å². The lowest BCUT2D eigenvalue weighted by molar-refractivity contribution is -0.0145. The topological polar surface area (TPSA) is 21.3 Å². The van der Waals surface area contributed by atoms with Gasteiger partial charge in [-0.15, -0.1) is 0 Å². The molecule has 0 aliphatic heterocycles. The molecule has 1 N–H and O–H groups in total. The van der Waals surface area contributed by atoms with Crippen LogP contribution >= 0.6 is 0 Å². The first kappa shape index (κ1) is 13.4. The van der Waals surface area contributed by atoms with Gasteiger partial charge in [0.1, 0.15) is 11.4 Å². The van der Waals surface area contributed by atoms with Gasteiger partial charge >= 0.3 is 0 Å². The van der Waals surface area contributed by atoms with Gasteiger partial charge in [-0.2, -0.15) is 0 Å². The van der Waals surface area contributed by atoms with Crippen molar-refractivity contribution in [1.82, 2.24) is 5.32 Å². The van der Waals surface area contributed by atoms with Crippen molar-refractivity contribution in [2.75, 3.05) is 13.6 Å². The summed E-state index contributed by atoms with van der Waals surface area (Å²) < 4.78 is 6.39. The predicted molar refractivity (Wildman–Crippen MR) is 76.4 cm³/mol. The highest BCUT2D eigenvalue weighted by Crippen LogP contribution is 2.40. The summed E-state index contributed by atoms with van der Waals surface area (Å²) in [5.74, 6) is 1.09. The van der Waals surface area contributed by atoms with Crippen LogP contribution in [0.15, 0.2) is 12.1 Å². The van der Waals surface area contributed by atoms with Crippen LogP contribution in [0.3, 0.4) is 0 Å². The van der Waals surface area contributed by atoms with Crippen LogP contribution in [0, 0.1) is 20.8 Å². The fourth-order valence-corrected chi connectivity index (χ4v) is 2.67. The van der Waals surface area contributed by atoms with Crippen LogP contribution in [0.5, 0.6) is 5.75 Å². The smallest absolute Gasteiger partial charge is 0.123 e. The van der Waals surface area contributed by atoms with E-state index < -0.39 is 0 Å². The van der Waals surface area contributed by atoms with Crippen molar-refractivity contribution in [2.45, 2.75) is 52.1 Å². The average molecular weight is 247 g/mol. The Kier molecular flexibility index (Phi) is 3.96. The van der Waals surface area contributed by atoms with E-state index in [2.05, 4.69) is 38.2 Å².